The molecular weight excluding hydrogens is 352 g/mol. The molecule has 3 aromatic rings. The van der Waals surface area contributed by atoms with Crippen molar-refractivity contribution < 1.29 is 19.0 Å². The predicted molar refractivity (Wildman–Crippen MR) is 110 cm³/mol. The van der Waals surface area contributed by atoms with Crippen LogP contribution in [0.5, 0.6) is 17.2 Å². The van der Waals surface area contributed by atoms with Gasteiger partial charge in [0.2, 0.25) is 0 Å². The van der Waals surface area contributed by atoms with E-state index < -0.39 is 0 Å². The summed E-state index contributed by atoms with van der Waals surface area (Å²) in [5, 5.41) is 0. The van der Waals surface area contributed by atoms with Gasteiger partial charge in [-0.3, -0.25) is 4.79 Å². The Kier molecular flexibility index (Phi) is 6.47. The van der Waals surface area contributed by atoms with Gasteiger partial charge in [0.05, 0.1) is 19.8 Å². The zero-order valence-corrected chi connectivity index (χ0v) is 15.9. The van der Waals surface area contributed by atoms with Crippen LogP contribution in [0.1, 0.15) is 21.5 Å². The summed E-state index contributed by atoms with van der Waals surface area (Å²) in [6, 6.07) is 22.6. The summed E-state index contributed by atoms with van der Waals surface area (Å²) in [5.41, 5.74) is 2.32. The molecule has 0 atom stereocenters. The number of ketones is 1. The van der Waals surface area contributed by atoms with Gasteiger partial charge in [0, 0.05) is 5.56 Å². The van der Waals surface area contributed by atoms with E-state index in [0.717, 1.165) is 11.1 Å². The van der Waals surface area contributed by atoms with Crippen LogP contribution in [-0.2, 0) is 6.61 Å². The molecule has 142 valence electrons. The van der Waals surface area contributed by atoms with Gasteiger partial charge in [0.25, 0.3) is 0 Å². The van der Waals surface area contributed by atoms with Crippen LogP contribution in [0, 0.1) is 0 Å². The standard InChI is InChI=1S/C24H22O4/c1-26-23-14-8-11-19(24(23)27-2)15-16-21(25)20-12-6-7-13-22(20)28-17-18-9-4-3-5-10-18/h3-16H,17H2,1-2H3/b16-15+. The number of methoxy groups -OCH3 is 2. The van der Waals surface area contributed by atoms with E-state index in [1.807, 2.05) is 60.7 Å². The second-order valence-corrected chi connectivity index (χ2v) is 6.05. The summed E-state index contributed by atoms with van der Waals surface area (Å²) in [6.07, 6.45) is 3.24. The van der Waals surface area contributed by atoms with Gasteiger partial charge < -0.3 is 14.2 Å². The smallest absolute Gasteiger partial charge is 0.189 e. The van der Waals surface area contributed by atoms with E-state index in [2.05, 4.69) is 0 Å². The molecule has 3 aromatic carbocycles. The Bertz CT molecular complexity index is 961. The third-order valence-electron chi connectivity index (χ3n) is 4.24. The molecule has 0 amide bonds. The van der Waals surface area contributed by atoms with E-state index in [1.54, 1.807) is 32.4 Å². The lowest BCUT2D eigenvalue weighted by atomic mass is 10.1. The second-order valence-electron chi connectivity index (χ2n) is 6.05. The molecule has 4 heteroatoms. The molecule has 0 bridgehead atoms. The minimum Gasteiger partial charge on any atom is -0.493 e. The van der Waals surface area contributed by atoms with Crippen molar-refractivity contribution in [3.05, 3.63) is 95.6 Å². The predicted octanol–water partition coefficient (Wildman–Crippen LogP) is 5.18. The van der Waals surface area contributed by atoms with E-state index >= 15 is 0 Å². The molecule has 0 saturated heterocycles. The number of carbonyl (C=O) groups is 1. The van der Waals surface area contributed by atoms with Crippen LogP contribution < -0.4 is 14.2 Å². The lowest BCUT2D eigenvalue weighted by Gasteiger charge is -2.11. The molecule has 0 heterocycles. The zero-order valence-electron chi connectivity index (χ0n) is 15.9. The summed E-state index contributed by atoms with van der Waals surface area (Å²) < 4.78 is 16.6. The molecular formula is C24H22O4. The molecule has 0 spiro atoms. The van der Waals surface area contributed by atoms with E-state index in [-0.39, 0.29) is 5.78 Å². The van der Waals surface area contributed by atoms with Crippen molar-refractivity contribution in [3.63, 3.8) is 0 Å². The zero-order chi connectivity index (χ0) is 19.8. The molecule has 0 radical (unpaired) electrons. The number of rotatable bonds is 8. The van der Waals surface area contributed by atoms with Crippen LogP contribution in [0.15, 0.2) is 78.9 Å². The van der Waals surface area contributed by atoms with Gasteiger partial charge in [-0.05, 0) is 35.9 Å². The Morgan fingerprint density at radius 2 is 1.54 bits per heavy atom. The van der Waals surface area contributed by atoms with Crippen molar-refractivity contribution >= 4 is 11.9 Å². The Morgan fingerprint density at radius 1 is 0.821 bits per heavy atom. The van der Waals surface area contributed by atoms with Gasteiger partial charge in [0.15, 0.2) is 17.3 Å². The minimum atomic E-state index is -0.145. The molecule has 0 aliphatic heterocycles. The first kappa shape index (κ1) is 19.2. The third kappa shape index (κ3) is 4.60. The van der Waals surface area contributed by atoms with Crippen LogP contribution >= 0.6 is 0 Å². The fourth-order valence-electron chi connectivity index (χ4n) is 2.83. The summed E-state index contributed by atoms with van der Waals surface area (Å²) in [7, 11) is 3.15. The molecule has 0 saturated carbocycles. The summed E-state index contributed by atoms with van der Waals surface area (Å²) in [4.78, 5) is 12.8. The van der Waals surface area contributed by atoms with Crippen molar-refractivity contribution in [2.45, 2.75) is 6.61 Å². The number of allylic oxidation sites excluding steroid dienone is 1. The van der Waals surface area contributed by atoms with Crippen LogP contribution in [0.2, 0.25) is 0 Å². The van der Waals surface area contributed by atoms with Gasteiger partial charge in [-0.15, -0.1) is 0 Å². The SMILES string of the molecule is COc1cccc(/C=C/C(=O)c2ccccc2OCc2ccccc2)c1OC. The molecule has 0 N–H and O–H groups in total. The van der Waals surface area contributed by atoms with Gasteiger partial charge >= 0.3 is 0 Å². The maximum Gasteiger partial charge on any atom is 0.189 e. The first-order valence-electron chi connectivity index (χ1n) is 8.92. The van der Waals surface area contributed by atoms with Crippen LogP contribution in [-0.4, -0.2) is 20.0 Å². The molecule has 0 aliphatic rings. The quantitative estimate of drug-likeness (QED) is 0.403. The average molecular weight is 374 g/mol. The number of ether oxygens (including phenoxy) is 3. The number of carbonyl (C=O) groups excluding carboxylic acids is 1. The summed E-state index contributed by atoms with van der Waals surface area (Å²) in [5.74, 6) is 1.61. The highest BCUT2D eigenvalue weighted by Crippen LogP contribution is 2.31. The third-order valence-corrected chi connectivity index (χ3v) is 4.24. The molecule has 3 rings (SSSR count). The fourth-order valence-corrected chi connectivity index (χ4v) is 2.83. The Labute approximate surface area is 165 Å². The van der Waals surface area contributed by atoms with Crippen molar-refractivity contribution in [3.8, 4) is 17.2 Å². The van der Waals surface area contributed by atoms with Gasteiger partial charge in [-0.1, -0.05) is 54.6 Å². The second kappa shape index (κ2) is 9.42. The van der Waals surface area contributed by atoms with E-state index in [0.29, 0.717) is 29.4 Å². The van der Waals surface area contributed by atoms with Crippen molar-refractivity contribution in [2.75, 3.05) is 14.2 Å². The van der Waals surface area contributed by atoms with E-state index in [9.17, 15) is 4.79 Å². The van der Waals surface area contributed by atoms with Crippen LogP contribution in [0.25, 0.3) is 6.08 Å². The average Bonchev–Trinajstić information content (AvgIpc) is 2.76. The molecule has 0 aromatic heterocycles. The summed E-state index contributed by atoms with van der Waals surface area (Å²) in [6.45, 7) is 0.401. The number of hydrogen-bond donors (Lipinski definition) is 0. The highest BCUT2D eigenvalue weighted by molar-refractivity contribution is 6.08. The summed E-state index contributed by atoms with van der Waals surface area (Å²) >= 11 is 0. The normalized spacial score (nSPS) is 10.6. The van der Waals surface area contributed by atoms with Crippen LogP contribution in [0.3, 0.4) is 0 Å². The van der Waals surface area contributed by atoms with E-state index in [4.69, 9.17) is 14.2 Å². The fraction of sp³-hybridized carbons (Fsp3) is 0.125. The first-order valence-corrected chi connectivity index (χ1v) is 8.92. The van der Waals surface area contributed by atoms with E-state index in [1.165, 1.54) is 6.08 Å². The van der Waals surface area contributed by atoms with Crippen LogP contribution in [0.4, 0.5) is 0 Å². The largest absolute Gasteiger partial charge is 0.493 e. The molecule has 28 heavy (non-hydrogen) atoms. The Morgan fingerprint density at radius 3 is 2.29 bits per heavy atom. The lowest BCUT2D eigenvalue weighted by Crippen LogP contribution is -2.02. The van der Waals surface area contributed by atoms with Gasteiger partial charge in [-0.2, -0.15) is 0 Å². The Hall–Kier alpha value is -3.53. The maximum atomic E-state index is 12.8. The van der Waals surface area contributed by atoms with Gasteiger partial charge in [0.1, 0.15) is 12.4 Å². The van der Waals surface area contributed by atoms with Crippen molar-refractivity contribution in [2.24, 2.45) is 0 Å². The monoisotopic (exact) mass is 374 g/mol. The molecule has 0 fully saturated rings. The topological polar surface area (TPSA) is 44.8 Å². The molecule has 0 unspecified atom stereocenters. The molecule has 0 aliphatic carbocycles. The van der Waals surface area contributed by atoms with Crippen molar-refractivity contribution in [1.82, 2.24) is 0 Å². The maximum absolute atomic E-state index is 12.8. The highest BCUT2D eigenvalue weighted by atomic mass is 16.5. The Balaban J connectivity index is 1.79. The lowest BCUT2D eigenvalue weighted by molar-refractivity contribution is 0.104. The number of benzene rings is 3. The highest BCUT2D eigenvalue weighted by Gasteiger charge is 2.11. The first-order chi connectivity index (χ1) is 13.7. The van der Waals surface area contributed by atoms with Gasteiger partial charge in [-0.25, -0.2) is 0 Å². The molecule has 4 nitrogen and oxygen atoms in total. The minimum absolute atomic E-state index is 0.145. The number of hydrogen-bond acceptors (Lipinski definition) is 4. The number of para-hydroxylation sites is 2. The van der Waals surface area contributed by atoms with Crippen molar-refractivity contribution in [1.29, 1.82) is 0 Å².